The minimum Gasteiger partial charge on any atom is -0.0843 e. The van der Waals surface area contributed by atoms with Crippen molar-refractivity contribution in [2.24, 2.45) is 21.7 Å². The molecule has 0 aromatic carbocycles. The highest BCUT2D eigenvalue weighted by atomic mass is 14.4. The number of rotatable bonds is 0. The van der Waals surface area contributed by atoms with Gasteiger partial charge >= 0.3 is 0 Å². The molecule has 0 nitrogen and oxygen atoms in total. The first kappa shape index (κ1) is 21.8. The highest BCUT2D eigenvalue weighted by Crippen LogP contribution is 2.50. The van der Waals surface area contributed by atoms with Crippen molar-refractivity contribution in [3.8, 4) is 0 Å². The van der Waals surface area contributed by atoms with Gasteiger partial charge in [0.15, 0.2) is 0 Å². The van der Waals surface area contributed by atoms with Crippen LogP contribution in [0.4, 0.5) is 0 Å². The highest BCUT2D eigenvalue weighted by Gasteiger charge is 2.36. The Morgan fingerprint density at radius 3 is 1.46 bits per heavy atom. The molecule has 0 aliphatic heterocycles. The molecule has 3 aliphatic rings. The molecule has 26 heavy (non-hydrogen) atoms. The Kier molecular flexibility index (Phi) is 6.57. The van der Waals surface area contributed by atoms with E-state index in [4.69, 9.17) is 0 Å². The predicted octanol–water partition coefficient (Wildman–Crippen LogP) is 8.87. The molecule has 0 saturated heterocycles. The molecule has 0 radical (unpaired) electrons. The quantitative estimate of drug-likeness (QED) is 0.379. The lowest BCUT2D eigenvalue weighted by Gasteiger charge is -2.36. The normalized spacial score (nSPS) is 25.2. The number of hydrogen-bond acceptors (Lipinski definition) is 0. The predicted molar refractivity (Wildman–Crippen MR) is 117 cm³/mol. The molecule has 1 saturated carbocycles. The molecule has 0 aromatic heterocycles. The van der Waals surface area contributed by atoms with Crippen LogP contribution in [-0.2, 0) is 0 Å². The van der Waals surface area contributed by atoms with Crippen LogP contribution in [0.2, 0.25) is 0 Å². The molecule has 0 unspecified atom stereocenters. The Morgan fingerprint density at radius 2 is 1.12 bits per heavy atom. The molecular weight excluding hydrogens is 312 g/mol. The smallest absolute Gasteiger partial charge is 0.0173 e. The lowest BCUT2D eigenvalue weighted by molar-refractivity contribution is 0.250. The summed E-state index contributed by atoms with van der Waals surface area (Å²) < 4.78 is 0. The van der Waals surface area contributed by atoms with Crippen LogP contribution in [-0.4, -0.2) is 0 Å². The minimum absolute atomic E-state index is 0.399. The van der Waals surface area contributed by atoms with E-state index in [1.165, 1.54) is 64.2 Å². The summed E-state index contributed by atoms with van der Waals surface area (Å²) in [5.74, 6) is 0. The zero-order valence-corrected chi connectivity index (χ0v) is 19.2. The maximum absolute atomic E-state index is 2.56. The van der Waals surface area contributed by atoms with E-state index in [0.717, 1.165) is 5.41 Å². The summed E-state index contributed by atoms with van der Waals surface area (Å²) in [6, 6.07) is 0. The Morgan fingerprint density at radius 1 is 0.654 bits per heavy atom. The van der Waals surface area contributed by atoms with Gasteiger partial charge in [0, 0.05) is 0 Å². The molecular formula is C26H46. The van der Waals surface area contributed by atoms with E-state index >= 15 is 0 Å². The van der Waals surface area contributed by atoms with Crippen molar-refractivity contribution in [2.45, 2.75) is 120 Å². The van der Waals surface area contributed by atoms with Crippen LogP contribution in [0.25, 0.3) is 0 Å². The molecule has 0 atom stereocenters. The third kappa shape index (κ3) is 6.00. The summed E-state index contributed by atoms with van der Waals surface area (Å²) in [7, 11) is 0. The Hall–Kier alpha value is -0.520. The van der Waals surface area contributed by atoms with Gasteiger partial charge in [0.05, 0.1) is 0 Å². The van der Waals surface area contributed by atoms with Gasteiger partial charge in [-0.05, 0) is 73.0 Å². The van der Waals surface area contributed by atoms with E-state index < -0.39 is 0 Å². The van der Waals surface area contributed by atoms with E-state index in [1.54, 1.807) is 11.1 Å². The summed E-state index contributed by atoms with van der Waals surface area (Å²) in [4.78, 5) is 0. The van der Waals surface area contributed by atoms with Gasteiger partial charge in [0.25, 0.3) is 0 Å². The van der Waals surface area contributed by atoms with Crippen LogP contribution in [0.15, 0.2) is 23.3 Å². The fourth-order valence-corrected chi connectivity index (χ4v) is 4.96. The van der Waals surface area contributed by atoms with Crippen molar-refractivity contribution in [2.75, 3.05) is 0 Å². The zero-order chi connectivity index (χ0) is 19.6. The van der Waals surface area contributed by atoms with Crippen molar-refractivity contribution in [1.82, 2.24) is 0 Å². The molecule has 0 amide bonds. The Bertz CT molecular complexity index is 521. The second-order valence-corrected chi connectivity index (χ2v) is 12.2. The molecule has 0 N–H and O–H groups in total. The molecule has 150 valence electrons. The monoisotopic (exact) mass is 358 g/mol. The standard InChI is InChI=1S/C14H24.C12H22/c1-13(2,3)12-6-10-14(11-7-12)8-4-5-9-14;1-11(2,3)10-6-8-12(4,5)9-7-10/h6H,4-5,7-11H2,1-3H3;6H,7-9H2,1-5H3. The maximum Gasteiger partial charge on any atom is -0.0173 e. The fourth-order valence-electron chi connectivity index (χ4n) is 4.96. The topological polar surface area (TPSA) is 0 Å². The summed E-state index contributed by atoms with van der Waals surface area (Å²) in [6.07, 6.45) is 19.1. The lowest BCUT2D eigenvalue weighted by atomic mass is 9.69. The first-order chi connectivity index (χ1) is 11.8. The van der Waals surface area contributed by atoms with Gasteiger partial charge in [-0.2, -0.15) is 0 Å². The number of allylic oxidation sites excluding steroid dienone is 4. The van der Waals surface area contributed by atoms with Gasteiger partial charge in [-0.25, -0.2) is 0 Å². The third-order valence-corrected chi connectivity index (χ3v) is 7.27. The van der Waals surface area contributed by atoms with Crippen LogP contribution in [0, 0.1) is 21.7 Å². The Balaban J connectivity index is 0.000000190. The van der Waals surface area contributed by atoms with E-state index in [9.17, 15) is 0 Å². The van der Waals surface area contributed by atoms with Gasteiger partial charge in [-0.3, -0.25) is 0 Å². The average molecular weight is 359 g/mol. The largest absolute Gasteiger partial charge is 0.0843 e. The molecule has 0 aromatic rings. The van der Waals surface area contributed by atoms with E-state index in [1.807, 2.05) is 0 Å². The van der Waals surface area contributed by atoms with E-state index in [0.29, 0.717) is 16.2 Å². The second-order valence-electron chi connectivity index (χ2n) is 12.2. The first-order valence-electron chi connectivity index (χ1n) is 11.2. The van der Waals surface area contributed by atoms with E-state index in [2.05, 4.69) is 67.5 Å². The molecule has 3 aliphatic carbocycles. The molecule has 1 fully saturated rings. The van der Waals surface area contributed by atoms with Gasteiger partial charge in [0.2, 0.25) is 0 Å². The van der Waals surface area contributed by atoms with Crippen LogP contribution >= 0.6 is 0 Å². The molecule has 3 rings (SSSR count). The van der Waals surface area contributed by atoms with Crippen molar-refractivity contribution < 1.29 is 0 Å². The van der Waals surface area contributed by atoms with Gasteiger partial charge in [0.1, 0.15) is 0 Å². The lowest BCUT2D eigenvalue weighted by Crippen LogP contribution is -2.23. The first-order valence-corrected chi connectivity index (χ1v) is 11.2. The van der Waals surface area contributed by atoms with E-state index in [-0.39, 0.29) is 0 Å². The SMILES string of the molecule is CC(C)(C)C1=CCC2(CCCC2)CC1.CC1(C)CC=C(C(C)(C)C)CC1. The van der Waals surface area contributed by atoms with Crippen LogP contribution in [0.1, 0.15) is 120 Å². The summed E-state index contributed by atoms with van der Waals surface area (Å²) in [5, 5.41) is 0. The van der Waals surface area contributed by atoms with Crippen LogP contribution in [0.3, 0.4) is 0 Å². The van der Waals surface area contributed by atoms with Gasteiger partial charge in [-0.15, -0.1) is 0 Å². The minimum atomic E-state index is 0.399. The van der Waals surface area contributed by atoms with Crippen LogP contribution < -0.4 is 0 Å². The van der Waals surface area contributed by atoms with Gasteiger partial charge in [-0.1, -0.05) is 91.5 Å². The molecule has 1 spiro atoms. The van der Waals surface area contributed by atoms with Gasteiger partial charge < -0.3 is 0 Å². The molecule has 0 bridgehead atoms. The summed E-state index contributed by atoms with van der Waals surface area (Å²) >= 11 is 0. The zero-order valence-electron chi connectivity index (χ0n) is 19.2. The maximum atomic E-state index is 2.56. The van der Waals surface area contributed by atoms with Crippen molar-refractivity contribution in [1.29, 1.82) is 0 Å². The third-order valence-electron chi connectivity index (χ3n) is 7.27. The van der Waals surface area contributed by atoms with Crippen molar-refractivity contribution in [3.63, 3.8) is 0 Å². The molecule has 0 heterocycles. The average Bonchev–Trinajstić information content (AvgIpc) is 2.94. The highest BCUT2D eigenvalue weighted by molar-refractivity contribution is 5.17. The Labute approximate surface area is 164 Å². The number of hydrogen-bond donors (Lipinski definition) is 0. The summed E-state index contributed by atoms with van der Waals surface area (Å²) in [6.45, 7) is 18.7. The summed E-state index contributed by atoms with van der Waals surface area (Å²) in [5.41, 5.74) is 5.47. The fraction of sp³-hybridized carbons (Fsp3) is 0.846. The molecule has 0 heteroatoms. The van der Waals surface area contributed by atoms with Crippen molar-refractivity contribution >= 4 is 0 Å². The second kappa shape index (κ2) is 7.84. The van der Waals surface area contributed by atoms with Crippen LogP contribution in [0.5, 0.6) is 0 Å². The van der Waals surface area contributed by atoms with Crippen molar-refractivity contribution in [3.05, 3.63) is 23.3 Å².